The second kappa shape index (κ2) is 6.08. The van der Waals surface area contributed by atoms with E-state index in [-0.39, 0.29) is 18.1 Å². The van der Waals surface area contributed by atoms with E-state index in [1.807, 2.05) is 0 Å². The minimum absolute atomic E-state index is 0.00392. The zero-order valence-electron chi connectivity index (χ0n) is 9.92. The number of aromatic nitrogens is 2. The summed E-state index contributed by atoms with van der Waals surface area (Å²) in [6.07, 6.45) is 1.97. The first-order chi connectivity index (χ1) is 7.92. The van der Waals surface area contributed by atoms with Gasteiger partial charge < -0.3 is 15.0 Å². The Morgan fingerprint density at radius 1 is 1.53 bits per heavy atom. The van der Waals surface area contributed by atoms with Crippen LogP contribution in [0.15, 0.2) is 4.52 Å². The minimum Gasteiger partial charge on any atom is -0.384 e. The van der Waals surface area contributed by atoms with Crippen molar-refractivity contribution < 1.29 is 17.7 Å². The van der Waals surface area contributed by atoms with Crippen molar-refractivity contribution in [2.24, 2.45) is 5.73 Å². The third-order valence-corrected chi connectivity index (χ3v) is 3.11. The molecule has 1 aromatic heterocycles. The molecule has 0 saturated carbocycles. The van der Waals surface area contributed by atoms with Gasteiger partial charge in [-0.25, -0.2) is 8.42 Å². The first-order valence-electron chi connectivity index (χ1n) is 5.17. The summed E-state index contributed by atoms with van der Waals surface area (Å²) in [5, 5.41) is 3.72. The first-order valence-corrected chi connectivity index (χ1v) is 7.23. The molecule has 1 rings (SSSR count). The molecule has 1 aromatic rings. The van der Waals surface area contributed by atoms with Crippen molar-refractivity contribution in [1.82, 2.24) is 10.1 Å². The fourth-order valence-corrected chi connectivity index (χ4v) is 1.86. The van der Waals surface area contributed by atoms with Crippen LogP contribution in [-0.2, 0) is 21.0 Å². The quantitative estimate of drug-likeness (QED) is 0.718. The van der Waals surface area contributed by atoms with Crippen LogP contribution in [0.25, 0.3) is 0 Å². The van der Waals surface area contributed by atoms with Gasteiger partial charge in [0.15, 0.2) is 5.82 Å². The normalized spacial score (nSPS) is 13.8. The maximum Gasteiger partial charge on any atom is 0.243 e. The van der Waals surface area contributed by atoms with Gasteiger partial charge in [0.2, 0.25) is 5.89 Å². The lowest BCUT2D eigenvalue weighted by molar-refractivity contribution is 0.199. The van der Waals surface area contributed by atoms with Crippen molar-refractivity contribution in [3.05, 3.63) is 11.7 Å². The molecule has 98 valence electrons. The fourth-order valence-electron chi connectivity index (χ4n) is 1.18. The first kappa shape index (κ1) is 14.1. The van der Waals surface area contributed by atoms with Crippen LogP contribution in [0.1, 0.15) is 24.2 Å². The summed E-state index contributed by atoms with van der Waals surface area (Å²) in [5.74, 6) is 0.778. The highest BCUT2D eigenvalue weighted by atomic mass is 32.2. The lowest BCUT2D eigenvalue weighted by atomic mass is 10.2. The third-order valence-electron chi connectivity index (χ3n) is 2.13. The molecule has 0 bridgehead atoms. The Balaban J connectivity index is 2.51. The molecule has 0 aliphatic rings. The summed E-state index contributed by atoms with van der Waals surface area (Å²) in [6.45, 7) is 0.498. The zero-order valence-corrected chi connectivity index (χ0v) is 10.7. The molecule has 0 fully saturated rings. The number of hydrogen-bond donors (Lipinski definition) is 1. The molecule has 0 saturated heterocycles. The summed E-state index contributed by atoms with van der Waals surface area (Å²) in [7, 11) is -1.44. The highest BCUT2D eigenvalue weighted by Crippen LogP contribution is 2.12. The van der Waals surface area contributed by atoms with Crippen LogP contribution in [0.5, 0.6) is 0 Å². The second-order valence-corrected chi connectivity index (χ2v) is 6.08. The van der Waals surface area contributed by atoms with E-state index >= 15 is 0 Å². The Hall–Kier alpha value is -0.990. The molecule has 0 amide bonds. The molecular weight excluding hydrogens is 246 g/mol. The topological polar surface area (TPSA) is 108 Å². The van der Waals surface area contributed by atoms with Gasteiger partial charge in [-0.3, -0.25) is 0 Å². The highest BCUT2D eigenvalue weighted by Gasteiger charge is 2.16. The molecule has 1 heterocycles. The summed E-state index contributed by atoms with van der Waals surface area (Å²) in [5.41, 5.74) is 5.75. The van der Waals surface area contributed by atoms with Crippen molar-refractivity contribution in [2.45, 2.75) is 18.9 Å². The smallest absolute Gasteiger partial charge is 0.243 e. The molecule has 0 aromatic carbocycles. The van der Waals surface area contributed by atoms with E-state index in [4.69, 9.17) is 15.0 Å². The average molecular weight is 263 g/mol. The Morgan fingerprint density at radius 3 is 2.82 bits per heavy atom. The van der Waals surface area contributed by atoms with Gasteiger partial charge in [0, 0.05) is 19.8 Å². The highest BCUT2D eigenvalue weighted by molar-refractivity contribution is 7.90. The number of nitrogens with zero attached hydrogens (tertiary/aromatic N) is 2. The van der Waals surface area contributed by atoms with Crippen LogP contribution in [0.4, 0.5) is 0 Å². The Morgan fingerprint density at radius 2 is 2.24 bits per heavy atom. The number of methoxy groups -OCH3 is 1. The van der Waals surface area contributed by atoms with Crippen molar-refractivity contribution in [1.29, 1.82) is 0 Å². The van der Waals surface area contributed by atoms with E-state index in [2.05, 4.69) is 10.1 Å². The van der Waals surface area contributed by atoms with Gasteiger partial charge in [0.25, 0.3) is 0 Å². The SMILES string of the molecule is COCCc1noc(C(N)CCS(C)(=O)=O)n1. The Labute approximate surface area is 100 Å². The molecule has 7 nitrogen and oxygen atoms in total. The van der Waals surface area contributed by atoms with Crippen molar-refractivity contribution in [3.63, 3.8) is 0 Å². The van der Waals surface area contributed by atoms with Crippen LogP contribution in [0.3, 0.4) is 0 Å². The predicted octanol–water partition coefficient (Wildman–Crippen LogP) is -0.307. The zero-order chi connectivity index (χ0) is 12.9. The molecular formula is C9H17N3O4S. The van der Waals surface area contributed by atoms with Gasteiger partial charge in [0.05, 0.1) is 18.4 Å². The van der Waals surface area contributed by atoms with E-state index in [1.54, 1.807) is 7.11 Å². The molecule has 1 atom stereocenters. The second-order valence-electron chi connectivity index (χ2n) is 3.82. The van der Waals surface area contributed by atoms with Crippen LogP contribution < -0.4 is 5.73 Å². The number of nitrogens with two attached hydrogens (primary N) is 1. The van der Waals surface area contributed by atoms with Crippen LogP contribution >= 0.6 is 0 Å². The van der Waals surface area contributed by atoms with Crippen LogP contribution in [-0.4, -0.2) is 44.3 Å². The average Bonchev–Trinajstić information content (AvgIpc) is 2.70. The van der Waals surface area contributed by atoms with Crippen LogP contribution in [0.2, 0.25) is 0 Å². The molecule has 8 heteroatoms. The maximum atomic E-state index is 11.0. The largest absolute Gasteiger partial charge is 0.384 e. The minimum atomic E-state index is -3.02. The predicted molar refractivity (Wildman–Crippen MR) is 61.1 cm³/mol. The van der Waals surface area contributed by atoms with E-state index in [0.29, 0.717) is 18.9 Å². The Bertz CT molecular complexity index is 443. The summed E-state index contributed by atoms with van der Waals surface area (Å²) in [6, 6.07) is -0.548. The maximum absolute atomic E-state index is 11.0. The van der Waals surface area contributed by atoms with E-state index < -0.39 is 15.9 Å². The molecule has 1 unspecified atom stereocenters. The van der Waals surface area contributed by atoms with E-state index in [0.717, 1.165) is 6.26 Å². The Kier molecular flexibility index (Phi) is 5.03. The standard InChI is InChI=1S/C9H17N3O4S/c1-15-5-3-8-11-9(16-12-8)7(10)4-6-17(2,13)14/h7H,3-6,10H2,1-2H3. The fraction of sp³-hybridized carbons (Fsp3) is 0.778. The molecule has 0 aliphatic carbocycles. The van der Waals surface area contributed by atoms with Crippen molar-refractivity contribution in [3.8, 4) is 0 Å². The van der Waals surface area contributed by atoms with Crippen molar-refractivity contribution in [2.75, 3.05) is 25.7 Å². The molecule has 17 heavy (non-hydrogen) atoms. The van der Waals surface area contributed by atoms with E-state index in [1.165, 1.54) is 0 Å². The lowest BCUT2D eigenvalue weighted by Crippen LogP contribution is -2.16. The van der Waals surface area contributed by atoms with Crippen LogP contribution in [0, 0.1) is 0 Å². The molecule has 0 spiro atoms. The number of rotatable bonds is 7. The van der Waals surface area contributed by atoms with Crippen molar-refractivity contribution >= 4 is 9.84 Å². The van der Waals surface area contributed by atoms with Gasteiger partial charge >= 0.3 is 0 Å². The monoisotopic (exact) mass is 263 g/mol. The lowest BCUT2D eigenvalue weighted by Gasteiger charge is -2.04. The molecule has 0 radical (unpaired) electrons. The number of sulfone groups is 1. The van der Waals surface area contributed by atoms with Gasteiger partial charge in [-0.15, -0.1) is 0 Å². The number of hydrogen-bond acceptors (Lipinski definition) is 7. The van der Waals surface area contributed by atoms with Gasteiger partial charge in [0.1, 0.15) is 9.84 Å². The van der Waals surface area contributed by atoms with Gasteiger partial charge in [-0.1, -0.05) is 5.16 Å². The van der Waals surface area contributed by atoms with Gasteiger partial charge in [-0.2, -0.15) is 4.98 Å². The third kappa shape index (κ3) is 5.24. The summed E-state index contributed by atoms with van der Waals surface area (Å²) >= 11 is 0. The summed E-state index contributed by atoms with van der Waals surface area (Å²) in [4.78, 5) is 4.07. The summed E-state index contributed by atoms with van der Waals surface area (Å²) < 4.78 is 31.8. The van der Waals surface area contributed by atoms with Gasteiger partial charge in [-0.05, 0) is 6.42 Å². The molecule has 0 aliphatic heterocycles. The molecule has 2 N–H and O–H groups in total. The van der Waals surface area contributed by atoms with E-state index in [9.17, 15) is 8.42 Å². The number of ether oxygens (including phenoxy) is 1.